The number of hydrogen-bond acceptors (Lipinski definition) is 4. The second-order valence-electron chi connectivity index (χ2n) is 7.15. The van der Waals surface area contributed by atoms with E-state index in [1.807, 2.05) is 30.3 Å². The highest BCUT2D eigenvalue weighted by Gasteiger charge is 2.07. The molecule has 0 unspecified atom stereocenters. The van der Waals surface area contributed by atoms with E-state index in [1.54, 1.807) is 24.3 Å². The Balaban J connectivity index is 1.54. The minimum absolute atomic E-state index is 0.271. The van der Waals surface area contributed by atoms with Crippen molar-refractivity contribution in [1.82, 2.24) is 0 Å². The normalized spacial score (nSPS) is 10.5. The van der Waals surface area contributed by atoms with Gasteiger partial charge >= 0.3 is 5.97 Å². The van der Waals surface area contributed by atoms with Gasteiger partial charge in [-0.1, -0.05) is 70.1 Å². The van der Waals surface area contributed by atoms with Crippen LogP contribution in [0, 0.1) is 0 Å². The van der Waals surface area contributed by atoms with Crippen LogP contribution in [0.3, 0.4) is 0 Å². The van der Waals surface area contributed by atoms with Gasteiger partial charge in [0, 0.05) is 0 Å². The van der Waals surface area contributed by atoms with Crippen molar-refractivity contribution in [2.24, 2.45) is 0 Å². The van der Waals surface area contributed by atoms with E-state index in [9.17, 15) is 4.79 Å². The fourth-order valence-corrected chi connectivity index (χ4v) is 3.01. The molecule has 0 aromatic heterocycles. The first kappa shape index (κ1) is 22.8. The van der Waals surface area contributed by atoms with Crippen LogP contribution in [0.4, 0.5) is 0 Å². The van der Waals surface area contributed by atoms with Gasteiger partial charge in [0.05, 0.1) is 12.2 Å². The molecule has 2 aromatic rings. The van der Waals surface area contributed by atoms with Gasteiger partial charge in [-0.15, -0.1) is 0 Å². The Morgan fingerprint density at radius 3 is 1.83 bits per heavy atom. The molecule has 0 N–H and O–H groups in total. The van der Waals surface area contributed by atoms with Gasteiger partial charge in [0.15, 0.2) is 0 Å². The molecule has 0 bridgehead atoms. The first-order chi connectivity index (χ1) is 14.3. The lowest BCUT2D eigenvalue weighted by Gasteiger charge is -2.09. The van der Waals surface area contributed by atoms with Gasteiger partial charge in [-0.2, -0.15) is 0 Å². The summed E-state index contributed by atoms with van der Waals surface area (Å²) in [6, 6.07) is 16.7. The zero-order chi connectivity index (χ0) is 20.6. The Morgan fingerprint density at radius 1 is 0.655 bits per heavy atom. The fourth-order valence-electron chi connectivity index (χ4n) is 3.01. The van der Waals surface area contributed by atoms with Crippen molar-refractivity contribution >= 4 is 5.97 Å². The number of benzene rings is 2. The largest absolute Gasteiger partial charge is 0.490 e. The van der Waals surface area contributed by atoms with Gasteiger partial charge in [-0.3, -0.25) is 0 Å². The van der Waals surface area contributed by atoms with Gasteiger partial charge in [-0.25, -0.2) is 4.79 Å². The molecule has 0 spiro atoms. The number of unbranched alkanes of at least 4 members (excludes halogenated alkanes) is 7. The van der Waals surface area contributed by atoms with E-state index in [0.29, 0.717) is 31.1 Å². The van der Waals surface area contributed by atoms with Gasteiger partial charge in [0.2, 0.25) is 0 Å². The van der Waals surface area contributed by atoms with Crippen LogP contribution >= 0.6 is 0 Å². The Morgan fingerprint density at radius 2 is 1.21 bits per heavy atom. The average Bonchev–Trinajstić information content (AvgIpc) is 2.76. The molecule has 158 valence electrons. The molecule has 0 saturated heterocycles. The number of rotatable bonds is 15. The smallest absolute Gasteiger partial charge is 0.338 e. The van der Waals surface area contributed by atoms with Crippen LogP contribution in [0.15, 0.2) is 54.6 Å². The number of carbonyl (C=O) groups is 1. The van der Waals surface area contributed by atoms with Crippen molar-refractivity contribution in [2.75, 3.05) is 19.8 Å². The van der Waals surface area contributed by atoms with Gasteiger partial charge in [0.25, 0.3) is 0 Å². The third-order valence-electron chi connectivity index (χ3n) is 4.69. The minimum Gasteiger partial charge on any atom is -0.490 e. The summed E-state index contributed by atoms with van der Waals surface area (Å²) in [5.74, 6) is 1.26. The van der Waals surface area contributed by atoms with E-state index < -0.39 is 0 Å². The summed E-state index contributed by atoms with van der Waals surface area (Å²) in [7, 11) is 0. The van der Waals surface area contributed by atoms with E-state index in [2.05, 4.69) is 6.92 Å². The molecular weight excluding hydrogens is 364 g/mol. The third-order valence-corrected chi connectivity index (χ3v) is 4.69. The van der Waals surface area contributed by atoms with Crippen LogP contribution in [0.1, 0.15) is 68.6 Å². The molecular formula is C25H34O4. The summed E-state index contributed by atoms with van der Waals surface area (Å²) in [5, 5.41) is 0. The highest BCUT2D eigenvalue weighted by molar-refractivity contribution is 5.89. The number of esters is 1. The van der Waals surface area contributed by atoms with Crippen LogP contribution in [-0.2, 0) is 4.74 Å². The van der Waals surface area contributed by atoms with Crippen molar-refractivity contribution in [3.8, 4) is 11.5 Å². The van der Waals surface area contributed by atoms with E-state index in [4.69, 9.17) is 14.2 Å². The van der Waals surface area contributed by atoms with Gasteiger partial charge < -0.3 is 14.2 Å². The van der Waals surface area contributed by atoms with Crippen molar-refractivity contribution in [3.05, 3.63) is 60.2 Å². The SMILES string of the molecule is CCCCCCCCCCOC(=O)c1ccc(OCCOc2ccccc2)cc1. The molecule has 0 amide bonds. The maximum Gasteiger partial charge on any atom is 0.338 e. The molecule has 4 nitrogen and oxygen atoms in total. The lowest BCUT2D eigenvalue weighted by molar-refractivity contribution is 0.0497. The number of para-hydroxylation sites is 1. The monoisotopic (exact) mass is 398 g/mol. The molecule has 0 saturated carbocycles. The van der Waals surface area contributed by atoms with E-state index in [-0.39, 0.29) is 5.97 Å². The predicted molar refractivity (Wildman–Crippen MR) is 117 cm³/mol. The molecule has 0 aliphatic heterocycles. The molecule has 2 aromatic carbocycles. The zero-order valence-corrected chi connectivity index (χ0v) is 17.6. The van der Waals surface area contributed by atoms with Crippen LogP contribution in [0.25, 0.3) is 0 Å². The predicted octanol–water partition coefficient (Wildman–Crippen LogP) is 6.44. The maximum atomic E-state index is 12.1. The fraction of sp³-hybridized carbons (Fsp3) is 0.480. The molecule has 0 radical (unpaired) electrons. The quantitative estimate of drug-likeness (QED) is 0.256. The molecule has 0 heterocycles. The first-order valence-corrected chi connectivity index (χ1v) is 10.9. The maximum absolute atomic E-state index is 12.1. The Labute approximate surface area is 175 Å². The molecule has 0 aliphatic rings. The zero-order valence-electron chi connectivity index (χ0n) is 17.6. The highest BCUT2D eigenvalue weighted by atomic mass is 16.5. The first-order valence-electron chi connectivity index (χ1n) is 10.9. The van der Waals surface area contributed by atoms with Crippen LogP contribution < -0.4 is 9.47 Å². The third kappa shape index (κ3) is 10.0. The summed E-state index contributed by atoms with van der Waals surface area (Å²) < 4.78 is 16.6. The topological polar surface area (TPSA) is 44.8 Å². The standard InChI is InChI=1S/C25H34O4/c1-2-3-4-5-6-7-8-12-19-29-25(26)22-15-17-24(18-16-22)28-21-20-27-23-13-10-9-11-14-23/h9-11,13-18H,2-8,12,19-21H2,1H3. The van der Waals surface area contributed by atoms with E-state index >= 15 is 0 Å². The Kier molecular flexibility index (Phi) is 11.4. The summed E-state index contributed by atoms with van der Waals surface area (Å²) in [5.41, 5.74) is 0.553. The van der Waals surface area contributed by atoms with E-state index in [1.165, 1.54) is 38.5 Å². The second-order valence-corrected chi connectivity index (χ2v) is 7.15. The molecule has 29 heavy (non-hydrogen) atoms. The summed E-state index contributed by atoms with van der Waals surface area (Å²) in [6.07, 6.45) is 9.84. The van der Waals surface area contributed by atoms with Crippen LogP contribution in [0.2, 0.25) is 0 Å². The molecule has 0 fully saturated rings. The second kappa shape index (κ2) is 14.5. The van der Waals surface area contributed by atoms with Crippen molar-refractivity contribution in [2.45, 2.75) is 58.3 Å². The number of ether oxygens (including phenoxy) is 3. The molecule has 0 atom stereocenters. The highest BCUT2D eigenvalue weighted by Crippen LogP contribution is 2.14. The van der Waals surface area contributed by atoms with Crippen LogP contribution in [0.5, 0.6) is 11.5 Å². The lowest BCUT2D eigenvalue weighted by atomic mass is 10.1. The summed E-state index contributed by atoms with van der Waals surface area (Å²) in [6.45, 7) is 3.63. The summed E-state index contributed by atoms with van der Waals surface area (Å²) >= 11 is 0. The molecule has 2 rings (SSSR count). The number of hydrogen-bond donors (Lipinski definition) is 0. The molecule has 4 heteroatoms. The molecule has 0 aliphatic carbocycles. The minimum atomic E-state index is -0.271. The van der Waals surface area contributed by atoms with Gasteiger partial charge in [0.1, 0.15) is 24.7 Å². The summed E-state index contributed by atoms with van der Waals surface area (Å²) in [4.78, 5) is 12.1. The Bertz CT molecular complexity index is 667. The van der Waals surface area contributed by atoms with Crippen LogP contribution in [-0.4, -0.2) is 25.8 Å². The number of carbonyl (C=O) groups excluding carboxylic acids is 1. The van der Waals surface area contributed by atoms with Gasteiger partial charge in [-0.05, 0) is 42.8 Å². The average molecular weight is 399 g/mol. The lowest BCUT2D eigenvalue weighted by Crippen LogP contribution is -2.09. The van der Waals surface area contributed by atoms with Crippen molar-refractivity contribution < 1.29 is 19.0 Å². The van der Waals surface area contributed by atoms with E-state index in [0.717, 1.165) is 18.6 Å². The van der Waals surface area contributed by atoms with Crippen molar-refractivity contribution in [1.29, 1.82) is 0 Å². The Hall–Kier alpha value is -2.49. The van der Waals surface area contributed by atoms with Crippen molar-refractivity contribution in [3.63, 3.8) is 0 Å².